The third kappa shape index (κ3) is 6.75. The topological polar surface area (TPSA) is 184 Å². The lowest BCUT2D eigenvalue weighted by Gasteiger charge is -2.18. The van der Waals surface area contributed by atoms with Crippen molar-refractivity contribution < 1.29 is 44.3 Å². The zero-order chi connectivity index (χ0) is 18.9. The summed E-state index contributed by atoms with van der Waals surface area (Å²) in [6.07, 6.45) is -2.29. The number of aliphatic carboxylic acids is 3. The predicted molar refractivity (Wildman–Crippen MR) is 79.3 cm³/mol. The molecule has 1 aromatic rings. The van der Waals surface area contributed by atoms with Crippen LogP contribution in [0.5, 0.6) is 0 Å². The van der Waals surface area contributed by atoms with Crippen molar-refractivity contribution in [3.05, 3.63) is 29.8 Å². The predicted octanol–water partition coefficient (Wildman–Crippen LogP) is -0.193. The maximum atomic E-state index is 10.9. The van der Waals surface area contributed by atoms with E-state index in [-0.39, 0.29) is 0 Å². The van der Waals surface area contributed by atoms with Crippen LogP contribution in [-0.4, -0.2) is 57.0 Å². The van der Waals surface area contributed by atoms with Crippen LogP contribution in [0.1, 0.15) is 23.2 Å². The summed E-state index contributed by atoms with van der Waals surface area (Å²) in [6.45, 7) is 0. The summed E-state index contributed by atoms with van der Waals surface area (Å²) in [6, 6.07) is 6.79. The number of benzene rings is 1. The van der Waals surface area contributed by atoms with Crippen molar-refractivity contribution in [2.75, 3.05) is 12.8 Å². The van der Waals surface area contributed by atoms with Crippen molar-refractivity contribution in [2.24, 2.45) is 0 Å². The largest absolute Gasteiger partial charge is 0.481 e. The van der Waals surface area contributed by atoms with E-state index in [2.05, 4.69) is 4.74 Å². The minimum Gasteiger partial charge on any atom is -0.481 e. The Bertz CT molecular complexity index is 610. The van der Waals surface area contributed by atoms with Crippen molar-refractivity contribution in [3.8, 4) is 0 Å². The number of hydrogen-bond acceptors (Lipinski definition) is 7. The molecule has 0 aliphatic heterocycles. The number of hydrogen-bond donors (Lipinski definition) is 5. The van der Waals surface area contributed by atoms with Crippen LogP contribution in [0.4, 0.5) is 5.69 Å². The van der Waals surface area contributed by atoms with Gasteiger partial charge in [0.1, 0.15) is 0 Å². The van der Waals surface area contributed by atoms with Gasteiger partial charge in [-0.05, 0) is 12.1 Å². The maximum absolute atomic E-state index is 10.9. The highest BCUT2D eigenvalue weighted by atomic mass is 16.5. The molecule has 0 aliphatic rings. The lowest BCUT2D eigenvalue weighted by molar-refractivity contribution is -0.170. The summed E-state index contributed by atoms with van der Waals surface area (Å²) in [5, 5.41) is 33.8. The molecule has 0 unspecified atom stereocenters. The number of carboxylic acid groups (broad SMARTS) is 3. The lowest BCUT2D eigenvalue weighted by atomic mass is 9.96. The second kappa shape index (κ2) is 9.10. The number of carbonyl (C=O) groups excluding carboxylic acids is 1. The number of ether oxygens (including phenoxy) is 1. The van der Waals surface area contributed by atoms with Gasteiger partial charge in [-0.2, -0.15) is 0 Å². The monoisotopic (exact) mass is 343 g/mol. The summed E-state index contributed by atoms with van der Waals surface area (Å²) in [7, 11) is 1.33. The molecule has 10 heteroatoms. The van der Waals surface area contributed by atoms with Gasteiger partial charge in [0.25, 0.3) is 0 Å². The van der Waals surface area contributed by atoms with Gasteiger partial charge in [0.2, 0.25) is 0 Å². The van der Waals surface area contributed by atoms with Crippen molar-refractivity contribution in [3.63, 3.8) is 0 Å². The van der Waals surface area contributed by atoms with Gasteiger partial charge < -0.3 is 30.9 Å². The van der Waals surface area contributed by atoms with Crippen molar-refractivity contribution in [1.29, 1.82) is 0 Å². The molecule has 10 nitrogen and oxygen atoms in total. The molecule has 24 heavy (non-hydrogen) atoms. The number of nitrogen functional groups attached to an aromatic ring is 1. The summed E-state index contributed by atoms with van der Waals surface area (Å²) in [5.74, 6) is -5.42. The molecule has 0 amide bonds. The van der Waals surface area contributed by atoms with Gasteiger partial charge in [-0.15, -0.1) is 0 Å². The van der Waals surface area contributed by atoms with E-state index in [1.165, 1.54) is 7.11 Å². The molecule has 0 fully saturated rings. The molecule has 0 aliphatic carbocycles. The molecule has 0 atom stereocenters. The Kier molecular flexibility index (Phi) is 7.91. The van der Waals surface area contributed by atoms with E-state index in [4.69, 9.17) is 26.2 Å². The standard InChI is InChI=1S/C8H9NO2.C6H8O7/c1-11-8(10)6-4-2-3-5-7(6)9;7-3(8)1-6(13,5(11)12)2-4(9)10/h2-5H,9H2,1H3;13H,1-2H2,(H,7,8)(H,9,10)(H,11,12). The highest BCUT2D eigenvalue weighted by molar-refractivity contribution is 5.94. The quantitative estimate of drug-likeness (QED) is 0.342. The van der Waals surface area contributed by atoms with E-state index >= 15 is 0 Å². The molecule has 0 saturated carbocycles. The molecule has 0 aromatic heterocycles. The van der Waals surface area contributed by atoms with Crippen LogP contribution >= 0.6 is 0 Å². The summed E-state index contributed by atoms with van der Waals surface area (Å²) >= 11 is 0. The van der Waals surface area contributed by atoms with E-state index in [1.54, 1.807) is 24.3 Å². The fraction of sp³-hybridized carbons (Fsp3) is 0.286. The molecule has 1 rings (SSSR count). The minimum absolute atomic E-state index is 0.400. The first kappa shape index (κ1) is 20.9. The van der Waals surface area contributed by atoms with Crippen LogP contribution in [-0.2, 0) is 19.1 Å². The van der Waals surface area contributed by atoms with Crippen LogP contribution < -0.4 is 5.73 Å². The van der Waals surface area contributed by atoms with Crippen LogP contribution in [0.15, 0.2) is 24.3 Å². The van der Waals surface area contributed by atoms with Crippen LogP contribution in [0.3, 0.4) is 0 Å². The Balaban J connectivity index is 0.000000446. The van der Waals surface area contributed by atoms with Crippen LogP contribution in [0, 0.1) is 0 Å². The molecule has 132 valence electrons. The van der Waals surface area contributed by atoms with Crippen molar-refractivity contribution >= 4 is 29.6 Å². The third-order valence-electron chi connectivity index (χ3n) is 2.65. The Morgan fingerprint density at radius 3 is 1.83 bits per heavy atom. The Morgan fingerprint density at radius 2 is 1.50 bits per heavy atom. The summed E-state index contributed by atoms with van der Waals surface area (Å²) in [4.78, 5) is 41.4. The number of carboxylic acids is 3. The number of rotatable bonds is 6. The van der Waals surface area contributed by atoms with Crippen LogP contribution in [0.25, 0.3) is 0 Å². The second-order valence-corrected chi connectivity index (χ2v) is 4.56. The molecule has 0 bridgehead atoms. The SMILES string of the molecule is COC(=O)c1ccccc1N.O=C(O)CC(O)(CC(=O)O)C(=O)O. The van der Waals surface area contributed by atoms with Crippen molar-refractivity contribution in [1.82, 2.24) is 0 Å². The Hall–Kier alpha value is -3.14. The fourth-order valence-electron chi connectivity index (χ4n) is 1.51. The molecule has 0 radical (unpaired) electrons. The van der Waals surface area contributed by atoms with Gasteiger partial charge in [0.15, 0.2) is 5.60 Å². The van der Waals surface area contributed by atoms with Crippen molar-refractivity contribution in [2.45, 2.75) is 18.4 Å². The van der Waals surface area contributed by atoms with E-state index in [9.17, 15) is 19.2 Å². The average Bonchev–Trinajstić information content (AvgIpc) is 2.45. The molecule has 1 aromatic carbocycles. The first-order valence-electron chi connectivity index (χ1n) is 6.35. The van der Waals surface area contributed by atoms with E-state index < -0.39 is 42.3 Å². The molecular weight excluding hydrogens is 326 g/mol. The number of para-hydroxylation sites is 1. The fourth-order valence-corrected chi connectivity index (χ4v) is 1.51. The van der Waals surface area contributed by atoms with Gasteiger partial charge in [-0.25, -0.2) is 9.59 Å². The highest BCUT2D eigenvalue weighted by Crippen LogP contribution is 2.15. The Labute approximate surface area is 136 Å². The molecular formula is C14H17NO9. The zero-order valence-electron chi connectivity index (χ0n) is 12.6. The van der Waals surface area contributed by atoms with Gasteiger partial charge in [-0.1, -0.05) is 12.1 Å². The lowest BCUT2D eigenvalue weighted by Crippen LogP contribution is -2.42. The van der Waals surface area contributed by atoms with E-state index in [0.29, 0.717) is 11.3 Å². The number of methoxy groups -OCH3 is 1. The van der Waals surface area contributed by atoms with Gasteiger partial charge >= 0.3 is 23.9 Å². The summed E-state index contributed by atoms with van der Waals surface area (Å²) < 4.78 is 4.50. The molecule has 6 N–H and O–H groups in total. The number of esters is 1. The molecule has 0 saturated heterocycles. The third-order valence-corrected chi connectivity index (χ3v) is 2.65. The average molecular weight is 343 g/mol. The second-order valence-electron chi connectivity index (χ2n) is 4.56. The number of aliphatic hydroxyl groups is 1. The van der Waals surface area contributed by atoms with E-state index in [1.807, 2.05) is 0 Å². The normalized spacial score (nSPS) is 10.1. The maximum Gasteiger partial charge on any atom is 0.339 e. The minimum atomic E-state index is -2.74. The van der Waals surface area contributed by atoms with Gasteiger partial charge in [0, 0.05) is 5.69 Å². The number of carbonyl (C=O) groups is 4. The highest BCUT2D eigenvalue weighted by Gasteiger charge is 2.40. The first-order valence-corrected chi connectivity index (χ1v) is 6.35. The molecule has 0 heterocycles. The summed E-state index contributed by atoms with van der Waals surface area (Å²) in [5.41, 5.74) is 3.61. The zero-order valence-corrected chi connectivity index (χ0v) is 12.6. The molecule has 0 spiro atoms. The Morgan fingerprint density at radius 1 is 1.04 bits per heavy atom. The number of anilines is 1. The first-order chi connectivity index (χ1) is 11.0. The smallest absolute Gasteiger partial charge is 0.339 e. The number of nitrogens with two attached hydrogens (primary N) is 1. The van der Waals surface area contributed by atoms with Crippen LogP contribution in [0.2, 0.25) is 0 Å². The van der Waals surface area contributed by atoms with Gasteiger partial charge in [0.05, 0.1) is 25.5 Å². The van der Waals surface area contributed by atoms with E-state index in [0.717, 1.165) is 0 Å². The van der Waals surface area contributed by atoms with Gasteiger partial charge in [-0.3, -0.25) is 9.59 Å².